The maximum atomic E-state index is 11.3. The lowest BCUT2D eigenvalue weighted by molar-refractivity contribution is 0.101. The summed E-state index contributed by atoms with van der Waals surface area (Å²) < 4.78 is 1.12. The Morgan fingerprint density at radius 3 is 2.69 bits per heavy atom. The molecule has 0 amide bonds. The van der Waals surface area contributed by atoms with E-state index in [1.807, 2.05) is 29.6 Å². The molecule has 0 N–H and O–H groups in total. The Balaban J connectivity index is 2.05. The van der Waals surface area contributed by atoms with Crippen molar-refractivity contribution < 1.29 is 4.79 Å². The molecule has 0 aliphatic rings. The van der Waals surface area contributed by atoms with E-state index >= 15 is 0 Å². The molecular weight excluding hydrogens is 236 g/mol. The summed E-state index contributed by atoms with van der Waals surface area (Å²) in [5.74, 6) is 1.07. The van der Waals surface area contributed by atoms with Crippen molar-refractivity contribution in [1.82, 2.24) is 0 Å². The molecule has 3 heteroatoms. The number of Topliss-reactive ketones (excluding diaryl/α,β-unsaturated/α-hetero) is 1. The fraction of sp³-hybridized carbons (Fsp3) is 0.154. The fourth-order valence-electron chi connectivity index (χ4n) is 1.39. The third kappa shape index (κ3) is 2.74. The van der Waals surface area contributed by atoms with Crippen LogP contribution in [0.5, 0.6) is 0 Å². The minimum Gasteiger partial charge on any atom is -0.294 e. The molecule has 2 aromatic rings. The van der Waals surface area contributed by atoms with E-state index in [4.69, 9.17) is 0 Å². The molecule has 0 radical (unpaired) electrons. The smallest absolute Gasteiger partial charge is 0.161 e. The van der Waals surface area contributed by atoms with Gasteiger partial charge in [0.05, 0.1) is 4.21 Å². The van der Waals surface area contributed by atoms with Gasteiger partial charge in [0.25, 0.3) is 0 Å². The highest BCUT2D eigenvalue weighted by Crippen LogP contribution is 2.31. The average Bonchev–Trinajstić information content (AvgIpc) is 2.76. The normalized spacial score (nSPS) is 10.3. The molecule has 16 heavy (non-hydrogen) atoms. The largest absolute Gasteiger partial charge is 0.294 e. The molecule has 0 atom stereocenters. The molecule has 0 unspecified atom stereocenters. The molecule has 0 fully saturated rings. The van der Waals surface area contributed by atoms with Gasteiger partial charge in [-0.1, -0.05) is 30.3 Å². The molecule has 0 aliphatic heterocycles. The van der Waals surface area contributed by atoms with E-state index in [9.17, 15) is 4.79 Å². The average molecular weight is 248 g/mol. The second-order valence-electron chi connectivity index (χ2n) is 3.45. The van der Waals surface area contributed by atoms with Gasteiger partial charge in [0.15, 0.2) is 5.78 Å². The third-order valence-corrected chi connectivity index (χ3v) is 4.53. The van der Waals surface area contributed by atoms with Crippen molar-refractivity contribution >= 4 is 28.9 Å². The highest BCUT2D eigenvalue weighted by Gasteiger charge is 2.08. The number of rotatable bonds is 4. The molecular formula is C13H12OS2. The summed E-state index contributed by atoms with van der Waals surface area (Å²) in [5.41, 5.74) is 2.14. The van der Waals surface area contributed by atoms with E-state index in [-0.39, 0.29) is 5.78 Å². The number of carbonyl (C=O) groups is 1. The van der Waals surface area contributed by atoms with Crippen LogP contribution in [0.15, 0.2) is 46.0 Å². The first kappa shape index (κ1) is 11.4. The van der Waals surface area contributed by atoms with Crippen molar-refractivity contribution in [2.24, 2.45) is 0 Å². The number of thiophene rings is 1. The number of thioether (sulfide) groups is 1. The number of benzene rings is 1. The summed E-state index contributed by atoms with van der Waals surface area (Å²) in [4.78, 5) is 11.3. The zero-order valence-corrected chi connectivity index (χ0v) is 10.6. The predicted molar refractivity (Wildman–Crippen MR) is 70.3 cm³/mol. The van der Waals surface area contributed by atoms with Crippen LogP contribution in [0.3, 0.4) is 0 Å². The van der Waals surface area contributed by atoms with E-state index in [0.717, 1.165) is 15.5 Å². The van der Waals surface area contributed by atoms with Gasteiger partial charge in [-0.3, -0.25) is 4.79 Å². The second kappa shape index (κ2) is 5.32. The van der Waals surface area contributed by atoms with Crippen LogP contribution in [0.25, 0.3) is 0 Å². The molecule has 1 heterocycles. The maximum absolute atomic E-state index is 11.3. The lowest BCUT2D eigenvalue weighted by atomic mass is 10.2. The monoisotopic (exact) mass is 248 g/mol. The van der Waals surface area contributed by atoms with Gasteiger partial charge in [-0.2, -0.15) is 0 Å². The van der Waals surface area contributed by atoms with Crippen LogP contribution in [0.4, 0.5) is 0 Å². The van der Waals surface area contributed by atoms with E-state index in [1.54, 1.807) is 30.0 Å². The van der Waals surface area contributed by atoms with Crippen LogP contribution >= 0.6 is 23.1 Å². The van der Waals surface area contributed by atoms with Crippen LogP contribution < -0.4 is 0 Å². The molecule has 1 nitrogen and oxygen atoms in total. The second-order valence-corrected chi connectivity index (χ2v) is 5.61. The molecule has 0 saturated heterocycles. The molecule has 1 aromatic heterocycles. The van der Waals surface area contributed by atoms with E-state index in [2.05, 4.69) is 12.1 Å². The van der Waals surface area contributed by atoms with E-state index in [0.29, 0.717) is 0 Å². The van der Waals surface area contributed by atoms with Gasteiger partial charge in [-0.05, 0) is 23.9 Å². The van der Waals surface area contributed by atoms with Crippen molar-refractivity contribution in [3.05, 3.63) is 52.9 Å². The van der Waals surface area contributed by atoms with Crippen molar-refractivity contribution in [2.75, 3.05) is 0 Å². The summed E-state index contributed by atoms with van der Waals surface area (Å²) in [6, 6.07) is 12.2. The number of ketones is 1. The Morgan fingerprint density at radius 2 is 2.00 bits per heavy atom. The van der Waals surface area contributed by atoms with Crippen LogP contribution in [0.2, 0.25) is 0 Å². The first-order valence-electron chi connectivity index (χ1n) is 5.02. The summed E-state index contributed by atoms with van der Waals surface area (Å²) >= 11 is 3.37. The molecule has 0 aliphatic carbocycles. The zero-order valence-electron chi connectivity index (χ0n) is 8.97. The molecule has 82 valence electrons. The Bertz CT molecular complexity index is 474. The third-order valence-electron chi connectivity index (χ3n) is 2.22. The highest BCUT2D eigenvalue weighted by molar-refractivity contribution is 8.00. The Morgan fingerprint density at radius 1 is 1.25 bits per heavy atom. The van der Waals surface area contributed by atoms with Crippen molar-refractivity contribution in [3.8, 4) is 0 Å². The van der Waals surface area contributed by atoms with Gasteiger partial charge in [-0.15, -0.1) is 23.1 Å². The van der Waals surface area contributed by atoms with Crippen molar-refractivity contribution in [1.29, 1.82) is 0 Å². The van der Waals surface area contributed by atoms with E-state index in [1.165, 1.54) is 5.56 Å². The molecule has 2 rings (SSSR count). The molecule has 0 bridgehead atoms. The zero-order chi connectivity index (χ0) is 11.4. The summed E-state index contributed by atoms with van der Waals surface area (Å²) in [6.45, 7) is 1.62. The molecule has 1 aromatic carbocycles. The number of hydrogen-bond acceptors (Lipinski definition) is 3. The van der Waals surface area contributed by atoms with Crippen LogP contribution in [0.1, 0.15) is 22.8 Å². The summed E-state index contributed by atoms with van der Waals surface area (Å²) in [6.07, 6.45) is 0. The van der Waals surface area contributed by atoms with Gasteiger partial charge in [0, 0.05) is 11.3 Å². The van der Waals surface area contributed by atoms with E-state index < -0.39 is 0 Å². The topological polar surface area (TPSA) is 17.1 Å². The Kier molecular flexibility index (Phi) is 3.80. The van der Waals surface area contributed by atoms with Crippen LogP contribution in [-0.4, -0.2) is 5.78 Å². The maximum Gasteiger partial charge on any atom is 0.161 e. The van der Waals surface area contributed by atoms with Gasteiger partial charge in [0.2, 0.25) is 0 Å². The lowest BCUT2D eigenvalue weighted by Gasteiger charge is -2.01. The Labute approximate surface area is 104 Å². The number of hydrogen-bond donors (Lipinski definition) is 0. The van der Waals surface area contributed by atoms with Gasteiger partial charge in [0.1, 0.15) is 0 Å². The molecule has 0 spiro atoms. The standard InChI is InChI=1S/C13H12OS2/c1-10(14)12-7-8-15-13(12)16-9-11-5-3-2-4-6-11/h2-8H,9H2,1H3. The predicted octanol–water partition coefficient (Wildman–Crippen LogP) is 4.24. The van der Waals surface area contributed by atoms with Gasteiger partial charge in [-0.25, -0.2) is 0 Å². The summed E-state index contributed by atoms with van der Waals surface area (Å²) in [7, 11) is 0. The fourth-order valence-corrected chi connectivity index (χ4v) is 3.53. The lowest BCUT2D eigenvalue weighted by Crippen LogP contribution is -1.90. The first-order chi connectivity index (χ1) is 7.77. The minimum atomic E-state index is 0.150. The highest BCUT2D eigenvalue weighted by atomic mass is 32.2. The quantitative estimate of drug-likeness (QED) is 0.594. The van der Waals surface area contributed by atoms with Crippen molar-refractivity contribution in [2.45, 2.75) is 16.9 Å². The van der Waals surface area contributed by atoms with Gasteiger partial charge < -0.3 is 0 Å². The first-order valence-corrected chi connectivity index (χ1v) is 6.89. The number of carbonyl (C=O) groups excluding carboxylic acids is 1. The Hall–Kier alpha value is -1.06. The van der Waals surface area contributed by atoms with Crippen molar-refractivity contribution in [3.63, 3.8) is 0 Å². The van der Waals surface area contributed by atoms with Crippen LogP contribution in [0, 0.1) is 0 Å². The van der Waals surface area contributed by atoms with Crippen LogP contribution in [-0.2, 0) is 5.75 Å². The summed E-state index contributed by atoms with van der Waals surface area (Å²) in [5, 5.41) is 1.98. The minimum absolute atomic E-state index is 0.150. The van der Waals surface area contributed by atoms with Gasteiger partial charge >= 0.3 is 0 Å². The molecule has 0 saturated carbocycles. The SMILES string of the molecule is CC(=O)c1ccsc1SCc1ccccc1.